The Morgan fingerprint density at radius 1 is 0.500 bits per heavy atom. The monoisotopic (exact) mass is 626 g/mol. The van der Waals surface area contributed by atoms with Gasteiger partial charge in [0, 0.05) is 33.5 Å². The molecule has 0 bridgehead atoms. The first-order valence-corrected chi connectivity index (χ1v) is 17.2. The third kappa shape index (κ3) is 6.28. The quantitative estimate of drug-likeness (QED) is 0.171. The van der Waals surface area contributed by atoms with E-state index in [1.807, 2.05) is 0 Å². The van der Waals surface area contributed by atoms with E-state index >= 15 is 0 Å². The summed E-state index contributed by atoms with van der Waals surface area (Å²) in [5, 5.41) is 2.48. The molecule has 0 saturated carbocycles. The second-order valence-electron chi connectivity index (χ2n) is 15.4. The summed E-state index contributed by atoms with van der Waals surface area (Å²) in [5.41, 5.74) is 11.3. The second-order valence-corrected chi connectivity index (χ2v) is 15.4. The predicted molar refractivity (Wildman–Crippen MR) is 207 cm³/mol. The third-order valence-electron chi connectivity index (χ3n) is 9.56. The van der Waals surface area contributed by atoms with Crippen molar-refractivity contribution < 1.29 is 0 Å². The van der Waals surface area contributed by atoms with E-state index in [9.17, 15) is 0 Å². The highest BCUT2D eigenvalue weighted by Gasteiger charge is 2.30. The van der Waals surface area contributed by atoms with Crippen LogP contribution in [0, 0.1) is 10.8 Å². The van der Waals surface area contributed by atoms with E-state index < -0.39 is 0 Å². The maximum atomic E-state index is 2.40. The van der Waals surface area contributed by atoms with E-state index in [0.29, 0.717) is 5.92 Å². The molecule has 0 amide bonds. The van der Waals surface area contributed by atoms with Crippen molar-refractivity contribution in [1.29, 1.82) is 0 Å². The molecule has 1 unspecified atom stereocenters. The summed E-state index contributed by atoms with van der Waals surface area (Å²) in [5.74, 6) is 0.494. The summed E-state index contributed by atoms with van der Waals surface area (Å²) < 4.78 is 2.40. The number of hydrogen-bond donors (Lipinski definition) is 0. The van der Waals surface area contributed by atoms with Gasteiger partial charge < -0.3 is 9.47 Å². The van der Waals surface area contributed by atoms with Crippen molar-refractivity contribution in [2.24, 2.45) is 10.8 Å². The molecule has 0 aliphatic carbocycles. The summed E-state index contributed by atoms with van der Waals surface area (Å²) >= 11 is 0. The van der Waals surface area contributed by atoms with Gasteiger partial charge in [0.15, 0.2) is 0 Å². The molecule has 0 spiro atoms. The number of aromatic nitrogens is 1. The van der Waals surface area contributed by atoms with Crippen LogP contribution in [-0.4, -0.2) is 4.57 Å². The molecule has 0 saturated heterocycles. The van der Waals surface area contributed by atoms with Gasteiger partial charge in [-0.2, -0.15) is 0 Å². The fourth-order valence-corrected chi connectivity index (χ4v) is 7.23. The van der Waals surface area contributed by atoms with Crippen LogP contribution in [0.3, 0.4) is 0 Å². The number of fused-ring (bicyclic) bond motifs is 3. The molecule has 0 fully saturated rings. The average Bonchev–Trinajstić information content (AvgIpc) is 3.41. The minimum Gasteiger partial charge on any atom is -0.310 e. The Morgan fingerprint density at radius 3 is 1.54 bits per heavy atom. The molecule has 0 aliphatic rings. The summed E-state index contributed by atoms with van der Waals surface area (Å²) in [6.07, 6.45) is 1.16. The molecule has 1 aromatic heterocycles. The van der Waals surface area contributed by atoms with Gasteiger partial charge in [0.2, 0.25) is 0 Å². The molecule has 1 heterocycles. The molecular weight excluding hydrogens is 581 g/mol. The zero-order valence-electron chi connectivity index (χ0n) is 29.1. The molecule has 48 heavy (non-hydrogen) atoms. The van der Waals surface area contributed by atoms with Crippen LogP contribution in [0.2, 0.25) is 0 Å². The highest BCUT2D eigenvalue weighted by molar-refractivity contribution is 6.11. The highest BCUT2D eigenvalue weighted by Crippen LogP contribution is 2.44. The third-order valence-corrected chi connectivity index (χ3v) is 9.56. The number of anilines is 3. The Kier molecular flexibility index (Phi) is 8.21. The highest BCUT2D eigenvalue weighted by atomic mass is 15.1. The topological polar surface area (TPSA) is 8.17 Å². The molecular formula is C46H46N2. The summed E-state index contributed by atoms with van der Waals surface area (Å²) in [7, 11) is 0. The van der Waals surface area contributed by atoms with E-state index in [1.54, 1.807) is 0 Å². The molecule has 7 rings (SSSR count). The van der Waals surface area contributed by atoms with Crippen molar-refractivity contribution in [3.63, 3.8) is 0 Å². The van der Waals surface area contributed by atoms with E-state index in [-0.39, 0.29) is 10.8 Å². The van der Waals surface area contributed by atoms with Crippen molar-refractivity contribution >= 4 is 38.9 Å². The molecule has 2 heteroatoms. The minimum absolute atomic E-state index is 0.193. The van der Waals surface area contributed by atoms with Gasteiger partial charge in [0.1, 0.15) is 0 Å². The normalized spacial score (nSPS) is 12.8. The van der Waals surface area contributed by atoms with Gasteiger partial charge in [-0.25, -0.2) is 0 Å². The van der Waals surface area contributed by atoms with E-state index in [0.717, 1.165) is 29.2 Å². The molecule has 0 N–H and O–H groups in total. The van der Waals surface area contributed by atoms with Gasteiger partial charge in [-0.3, -0.25) is 0 Å². The average molecular weight is 627 g/mol. The van der Waals surface area contributed by atoms with Crippen molar-refractivity contribution in [3.8, 4) is 16.8 Å². The molecule has 0 radical (unpaired) electrons. The Morgan fingerprint density at radius 2 is 1.00 bits per heavy atom. The van der Waals surface area contributed by atoms with Crippen molar-refractivity contribution in [1.82, 2.24) is 4.57 Å². The van der Waals surface area contributed by atoms with Gasteiger partial charge in [0.05, 0.1) is 11.0 Å². The Balaban J connectivity index is 1.38. The number of hydrogen-bond acceptors (Lipinski definition) is 1. The van der Waals surface area contributed by atoms with Crippen LogP contribution in [0.1, 0.15) is 59.4 Å². The van der Waals surface area contributed by atoms with Gasteiger partial charge >= 0.3 is 0 Å². The number of nitrogens with zero attached hydrogens (tertiary/aromatic N) is 2. The smallest absolute Gasteiger partial charge is 0.0542 e. The van der Waals surface area contributed by atoms with Crippen LogP contribution in [0.15, 0.2) is 152 Å². The Bertz CT molecular complexity index is 2100. The van der Waals surface area contributed by atoms with Crippen LogP contribution >= 0.6 is 0 Å². The fourth-order valence-electron chi connectivity index (χ4n) is 7.23. The lowest BCUT2D eigenvalue weighted by Crippen LogP contribution is -2.23. The number of para-hydroxylation sites is 3. The lowest BCUT2D eigenvalue weighted by atomic mass is 9.69. The Hall–Kier alpha value is -5.08. The summed E-state index contributed by atoms with van der Waals surface area (Å²) in [4.78, 5) is 2.34. The standard InChI is InChI=1S/C46H46N2/c1-45(2,3)32-42(46(4,5)6)34-24-22-33(23-25-34)35-26-28-43-40(30-35)41-31-39(27-29-44(41)48(43)38-20-14-9-15-21-38)47(36-16-10-7-11-17-36)37-18-12-8-13-19-37/h7-31,42H,32H2,1-6H3. The minimum atomic E-state index is 0.193. The maximum absolute atomic E-state index is 2.40. The van der Waals surface area contributed by atoms with Crippen LogP contribution in [0.5, 0.6) is 0 Å². The zero-order chi connectivity index (χ0) is 33.5. The van der Waals surface area contributed by atoms with E-state index in [2.05, 4.69) is 203 Å². The number of rotatable bonds is 7. The van der Waals surface area contributed by atoms with Gasteiger partial charge in [-0.15, -0.1) is 0 Å². The molecule has 7 aromatic rings. The van der Waals surface area contributed by atoms with Gasteiger partial charge in [0.25, 0.3) is 0 Å². The predicted octanol–water partition coefficient (Wildman–Crippen LogP) is 13.5. The largest absolute Gasteiger partial charge is 0.310 e. The summed E-state index contributed by atoms with van der Waals surface area (Å²) in [6, 6.07) is 55.3. The van der Waals surface area contributed by atoms with Crippen LogP contribution < -0.4 is 4.90 Å². The van der Waals surface area contributed by atoms with Crippen LogP contribution in [-0.2, 0) is 0 Å². The van der Waals surface area contributed by atoms with Crippen LogP contribution in [0.4, 0.5) is 17.1 Å². The molecule has 2 nitrogen and oxygen atoms in total. The van der Waals surface area contributed by atoms with E-state index in [1.165, 1.54) is 38.5 Å². The lowest BCUT2D eigenvalue weighted by Gasteiger charge is -2.36. The molecule has 0 aliphatic heterocycles. The Labute approximate surface area is 286 Å². The SMILES string of the molecule is CC(C)(C)CC(c1ccc(-c2ccc3c(c2)c2cc(N(c4ccccc4)c4ccccc4)ccc2n3-c2ccccc2)cc1)C(C)(C)C. The second kappa shape index (κ2) is 12.5. The zero-order valence-corrected chi connectivity index (χ0v) is 29.1. The maximum Gasteiger partial charge on any atom is 0.0542 e. The van der Waals surface area contributed by atoms with E-state index in [4.69, 9.17) is 0 Å². The first-order chi connectivity index (χ1) is 23.1. The molecule has 6 aromatic carbocycles. The van der Waals surface area contributed by atoms with Crippen molar-refractivity contribution in [3.05, 3.63) is 157 Å². The van der Waals surface area contributed by atoms with Gasteiger partial charge in [-0.05, 0) is 107 Å². The van der Waals surface area contributed by atoms with Crippen LogP contribution in [0.25, 0.3) is 38.6 Å². The first-order valence-electron chi connectivity index (χ1n) is 17.2. The summed E-state index contributed by atoms with van der Waals surface area (Å²) in [6.45, 7) is 14.2. The molecule has 1 atom stereocenters. The van der Waals surface area contributed by atoms with Crippen molar-refractivity contribution in [2.45, 2.75) is 53.9 Å². The lowest BCUT2D eigenvalue weighted by molar-refractivity contribution is 0.229. The van der Waals surface area contributed by atoms with Crippen molar-refractivity contribution in [2.75, 3.05) is 4.90 Å². The first kappa shape index (κ1) is 31.5. The molecule has 240 valence electrons. The van der Waals surface area contributed by atoms with Gasteiger partial charge in [-0.1, -0.05) is 126 Å². The fraction of sp³-hybridized carbons (Fsp3) is 0.217. The number of benzene rings is 6.